The van der Waals surface area contributed by atoms with Crippen LogP contribution in [0.1, 0.15) is 22.9 Å². The van der Waals surface area contributed by atoms with Crippen molar-refractivity contribution >= 4 is 0 Å². The smallest absolute Gasteiger partial charge is 0.199 e. The van der Waals surface area contributed by atoms with Crippen LogP contribution < -0.4 is 5.73 Å². The van der Waals surface area contributed by atoms with E-state index in [2.05, 4.69) is 4.98 Å². The first-order valence-corrected chi connectivity index (χ1v) is 5.58. The van der Waals surface area contributed by atoms with Gasteiger partial charge in [0.2, 0.25) is 0 Å². The van der Waals surface area contributed by atoms with Gasteiger partial charge < -0.3 is 10.2 Å². The van der Waals surface area contributed by atoms with Gasteiger partial charge in [-0.25, -0.2) is 9.37 Å². The summed E-state index contributed by atoms with van der Waals surface area (Å²) in [6.07, 6.45) is 1.30. The topological polar surface area (TPSA) is 52.0 Å². The molecule has 1 aromatic carbocycles. The molecular formula is C13H15FN2O. The van der Waals surface area contributed by atoms with E-state index in [1.54, 1.807) is 12.1 Å². The average molecular weight is 234 g/mol. The molecule has 0 bridgehead atoms. The van der Waals surface area contributed by atoms with Gasteiger partial charge in [0, 0.05) is 12.8 Å². The Morgan fingerprint density at radius 3 is 2.65 bits per heavy atom. The number of nitrogens with two attached hydrogens (primary N) is 1. The molecule has 0 fully saturated rings. The van der Waals surface area contributed by atoms with E-state index in [9.17, 15) is 4.39 Å². The second kappa shape index (κ2) is 5.10. The lowest BCUT2D eigenvalue weighted by Gasteiger charge is -1.96. The van der Waals surface area contributed by atoms with Gasteiger partial charge in [-0.15, -0.1) is 0 Å². The van der Waals surface area contributed by atoms with Crippen LogP contribution in [0.5, 0.6) is 0 Å². The van der Waals surface area contributed by atoms with E-state index in [0.29, 0.717) is 18.9 Å². The zero-order chi connectivity index (χ0) is 12.3. The summed E-state index contributed by atoms with van der Waals surface area (Å²) < 4.78 is 18.3. The Bertz CT molecular complexity index is 491. The minimum atomic E-state index is -0.235. The molecule has 1 heterocycles. The monoisotopic (exact) mass is 234 g/mol. The molecule has 1 aromatic heterocycles. The molecule has 0 unspecified atom stereocenters. The third kappa shape index (κ3) is 2.91. The number of oxazole rings is 1. The van der Waals surface area contributed by atoms with Crippen LogP contribution in [0.25, 0.3) is 0 Å². The standard InChI is InChI=1S/C13H15FN2O/c1-9-12(6-7-15)16-13(17-9)8-10-2-4-11(14)5-3-10/h2-5H,6-8,15H2,1H3. The SMILES string of the molecule is Cc1oc(Cc2ccc(F)cc2)nc1CCN. The fourth-order valence-corrected chi connectivity index (χ4v) is 1.71. The number of hydrogen-bond acceptors (Lipinski definition) is 3. The van der Waals surface area contributed by atoms with Gasteiger partial charge in [0.15, 0.2) is 5.89 Å². The molecule has 0 saturated heterocycles. The molecule has 2 N–H and O–H groups in total. The Kier molecular flexibility index (Phi) is 3.54. The van der Waals surface area contributed by atoms with Gasteiger partial charge in [-0.2, -0.15) is 0 Å². The highest BCUT2D eigenvalue weighted by molar-refractivity contribution is 5.20. The Balaban J connectivity index is 2.13. The number of benzene rings is 1. The van der Waals surface area contributed by atoms with Crippen molar-refractivity contribution in [2.45, 2.75) is 19.8 Å². The van der Waals surface area contributed by atoms with Crippen molar-refractivity contribution in [3.05, 3.63) is 53.0 Å². The van der Waals surface area contributed by atoms with Crippen LogP contribution in [0, 0.1) is 12.7 Å². The number of nitrogens with zero attached hydrogens (tertiary/aromatic N) is 1. The highest BCUT2D eigenvalue weighted by Crippen LogP contribution is 2.14. The predicted octanol–water partition coefficient (Wildman–Crippen LogP) is 2.21. The molecule has 17 heavy (non-hydrogen) atoms. The first-order valence-electron chi connectivity index (χ1n) is 5.58. The number of aromatic nitrogens is 1. The van der Waals surface area contributed by atoms with Gasteiger partial charge in [0.05, 0.1) is 5.69 Å². The molecule has 0 spiro atoms. The largest absolute Gasteiger partial charge is 0.445 e. The number of halogens is 1. The zero-order valence-electron chi connectivity index (χ0n) is 9.74. The van der Waals surface area contributed by atoms with Crippen LogP contribution in [0.2, 0.25) is 0 Å². The molecule has 2 rings (SSSR count). The number of aryl methyl sites for hydroxylation is 1. The van der Waals surface area contributed by atoms with E-state index in [0.717, 1.165) is 23.4 Å². The minimum absolute atomic E-state index is 0.235. The van der Waals surface area contributed by atoms with Gasteiger partial charge in [-0.05, 0) is 31.2 Å². The summed E-state index contributed by atoms with van der Waals surface area (Å²) in [6.45, 7) is 2.44. The van der Waals surface area contributed by atoms with Crippen molar-refractivity contribution < 1.29 is 8.81 Å². The molecule has 0 aliphatic heterocycles. The Morgan fingerprint density at radius 1 is 1.29 bits per heavy atom. The van der Waals surface area contributed by atoms with Crippen molar-refractivity contribution in [3.63, 3.8) is 0 Å². The Hall–Kier alpha value is -1.68. The lowest BCUT2D eigenvalue weighted by molar-refractivity contribution is 0.480. The summed E-state index contributed by atoms with van der Waals surface area (Å²) in [4.78, 5) is 4.38. The van der Waals surface area contributed by atoms with Crippen LogP contribution >= 0.6 is 0 Å². The third-order valence-corrected chi connectivity index (χ3v) is 2.59. The maximum Gasteiger partial charge on any atom is 0.199 e. The van der Waals surface area contributed by atoms with Gasteiger partial charge in [-0.1, -0.05) is 12.1 Å². The van der Waals surface area contributed by atoms with Crippen LogP contribution in [-0.4, -0.2) is 11.5 Å². The fraction of sp³-hybridized carbons (Fsp3) is 0.308. The van der Waals surface area contributed by atoms with E-state index in [1.165, 1.54) is 12.1 Å². The quantitative estimate of drug-likeness (QED) is 0.882. The molecule has 3 nitrogen and oxygen atoms in total. The van der Waals surface area contributed by atoms with Crippen LogP contribution in [0.15, 0.2) is 28.7 Å². The summed E-state index contributed by atoms with van der Waals surface area (Å²) in [5.41, 5.74) is 7.37. The molecule has 0 radical (unpaired) electrons. The van der Waals surface area contributed by atoms with Gasteiger partial charge in [-0.3, -0.25) is 0 Å². The molecular weight excluding hydrogens is 219 g/mol. The summed E-state index contributed by atoms with van der Waals surface area (Å²) in [5, 5.41) is 0. The summed E-state index contributed by atoms with van der Waals surface area (Å²) >= 11 is 0. The molecule has 2 aromatic rings. The van der Waals surface area contributed by atoms with Crippen LogP contribution in [0.3, 0.4) is 0 Å². The average Bonchev–Trinajstić information content (AvgIpc) is 2.63. The molecule has 90 valence electrons. The van der Waals surface area contributed by atoms with Gasteiger partial charge in [0.1, 0.15) is 11.6 Å². The van der Waals surface area contributed by atoms with E-state index >= 15 is 0 Å². The molecule has 4 heteroatoms. The normalized spacial score (nSPS) is 10.8. The highest BCUT2D eigenvalue weighted by Gasteiger charge is 2.09. The molecule has 0 amide bonds. The minimum Gasteiger partial charge on any atom is -0.445 e. The zero-order valence-corrected chi connectivity index (χ0v) is 9.74. The maximum atomic E-state index is 12.7. The van der Waals surface area contributed by atoms with E-state index in [-0.39, 0.29) is 5.82 Å². The van der Waals surface area contributed by atoms with E-state index in [4.69, 9.17) is 10.2 Å². The van der Waals surface area contributed by atoms with Crippen LogP contribution in [-0.2, 0) is 12.8 Å². The van der Waals surface area contributed by atoms with Crippen molar-refractivity contribution in [3.8, 4) is 0 Å². The Labute approximate surface area is 99.5 Å². The second-order valence-electron chi connectivity index (χ2n) is 3.95. The predicted molar refractivity (Wildman–Crippen MR) is 63.2 cm³/mol. The highest BCUT2D eigenvalue weighted by atomic mass is 19.1. The third-order valence-electron chi connectivity index (χ3n) is 2.59. The molecule has 0 aliphatic carbocycles. The molecule has 0 saturated carbocycles. The van der Waals surface area contributed by atoms with Crippen molar-refractivity contribution in [1.29, 1.82) is 0 Å². The molecule has 0 atom stereocenters. The van der Waals surface area contributed by atoms with Crippen molar-refractivity contribution in [1.82, 2.24) is 4.98 Å². The molecule has 0 aliphatic rings. The van der Waals surface area contributed by atoms with Gasteiger partial charge >= 0.3 is 0 Å². The first-order chi connectivity index (χ1) is 8.19. The van der Waals surface area contributed by atoms with Gasteiger partial charge in [0.25, 0.3) is 0 Å². The summed E-state index contributed by atoms with van der Waals surface area (Å²) in [7, 11) is 0. The lowest BCUT2D eigenvalue weighted by Crippen LogP contribution is -2.04. The van der Waals surface area contributed by atoms with E-state index < -0.39 is 0 Å². The lowest BCUT2D eigenvalue weighted by atomic mass is 10.1. The number of rotatable bonds is 4. The van der Waals surface area contributed by atoms with E-state index in [1.807, 2.05) is 6.92 Å². The second-order valence-corrected chi connectivity index (χ2v) is 3.95. The fourth-order valence-electron chi connectivity index (χ4n) is 1.71. The number of hydrogen-bond donors (Lipinski definition) is 1. The summed E-state index contributed by atoms with van der Waals surface area (Å²) in [6, 6.07) is 6.34. The Morgan fingerprint density at radius 2 is 2.00 bits per heavy atom. The maximum absolute atomic E-state index is 12.7. The van der Waals surface area contributed by atoms with Crippen LogP contribution in [0.4, 0.5) is 4.39 Å². The first kappa shape index (κ1) is 11.8. The van der Waals surface area contributed by atoms with Crippen molar-refractivity contribution in [2.24, 2.45) is 5.73 Å². The summed E-state index contributed by atoms with van der Waals surface area (Å²) in [5.74, 6) is 1.23. The van der Waals surface area contributed by atoms with Crippen molar-refractivity contribution in [2.75, 3.05) is 6.54 Å².